The Bertz CT molecular complexity index is 2260. The highest BCUT2D eigenvalue weighted by molar-refractivity contribution is 6.31. The van der Waals surface area contributed by atoms with Gasteiger partial charge in [-0.1, -0.05) is 57.0 Å². The van der Waals surface area contributed by atoms with Crippen LogP contribution in [0.1, 0.15) is 92.5 Å². The molecule has 0 saturated carbocycles. The number of halogens is 2. The number of benzene rings is 3. The first-order valence-corrected chi connectivity index (χ1v) is 21.2. The molecule has 12 nitrogen and oxygen atoms in total. The quantitative estimate of drug-likeness (QED) is 0.126. The third-order valence-electron chi connectivity index (χ3n) is 9.47. The van der Waals surface area contributed by atoms with Gasteiger partial charge in [-0.05, 0) is 119 Å². The third kappa shape index (κ3) is 13.4. The van der Waals surface area contributed by atoms with Gasteiger partial charge in [-0.15, -0.1) is 0 Å². The highest BCUT2D eigenvalue weighted by atomic mass is 35.5. The Morgan fingerprint density at radius 1 is 0.750 bits per heavy atom. The van der Waals surface area contributed by atoms with E-state index in [0.717, 1.165) is 45.1 Å². The van der Waals surface area contributed by atoms with Gasteiger partial charge in [0.15, 0.2) is 5.82 Å². The fraction of sp³-hybridized carbons (Fsp3) is 0.435. The smallest absolute Gasteiger partial charge is 0.410 e. The van der Waals surface area contributed by atoms with Crippen molar-refractivity contribution in [2.75, 3.05) is 37.4 Å². The number of amides is 2. The van der Waals surface area contributed by atoms with E-state index in [0.29, 0.717) is 91.3 Å². The van der Waals surface area contributed by atoms with Gasteiger partial charge in [0.2, 0.25) is 0 Å². The number of ether oxygens (including phenoxy) is 3. The Labute approximate surface area is 364 Å². The average molecular weight is 861 g/mol. The Hall–Kier alpha value is -5.20. The van der Waals surface area contributed by atoms with Gasteiger partial charge in [-0.25, -0.2) is 4.79 Å². The maximum absolute atomic E-state index is 13.2. The lowest BCUT2D eigenvalue weighted by atomic mass is 10.00. The van der Waals surface area contributed by atoms with Crippen molar-refractivity contribution in [2.24, 2.45) is 11.8 Å². The molecule has 0 spiro atoms. The largest absolute Gasteiger partial charge is 0.493 e. The van der Waals surface area contributed by atoms with Crippen LogP contribution >= 0.6 is 23.2 Å². The molecule has 0 unspecified atom stereocenters. The minimum atomic E-state index is -0.537. The van der Waals surface area contributed by atoms with Crippen LogP contribution in [0.25, 0.3) is 0 Å². The number of hydrogen-bond donors (Lipinski definition) is 2. The molecule has 3 N–H and O–H groups in total. The van der Waals surface area contributed by atoms with Gasteiger partial charge < -0.3 is 30.2 Å². The van der Waals surface area contributed by atoms with Crippen molar-refractivity contribution in [1.29, 1.82) is 0 Å². The van der Waals surface area contributed by atoms with Crippen molar-refractivity contribution in [3.63, 3.8) is 0 Å². The van der Waals surface area contributed by atoms with Crippen LogP contribution in [-0.4, -0.2) is 68.4 Å². The third-order valence-corrected chi connectivity index (χ3v) is 9.94. The summed E-state index contributed by atoms with van der Waals surface area (Å²) in [7, 11) is 0. The van der Waals surface area contributed by atoms with E-state index in [-0.39, 0.29) is 12.0 Å². The second-order valence-electron chi connectivity index (χ2n) is 17.0. The van der Waals surface area contributed by atoms with Crippen LogP contribution in [0, 0.1) is 25.7 Å². The monoisotopic (exact) mass is 859 g/mol. The van der Waals surface area contributed by atoms with E-state index in [4.69, 9.17) is 43.1 Å². The number of nitrogens with two attached hydrogens (primary N) is 1. The molecule has 60 heavy (non-hydrogen) atoms. The summed E-state index contributed by atoms with van der Waals surface area (Å²) in [5.74, 6) is 3.25. The normalized spacial score (nSPS) is 12.7. The topological polar surface area (TPSA) is 139 Å². The van der Waals surface area contributed by atoms with Gasteiger partial charge in [0.25, 0.3) is 5.91 Å². The SMILES string of the molecule is Cc1cc(N)nn1Cc1cc(Cl)ccc1OCC(C)C.Cc1cc(NC(=O)c2ccc3c(c2)CCN(C(=O)OC(C)(C)C)CC3)nn1Cc1cc(Cl)ccc1OCC(C)C. The standard InChI is InChI=1S/C31H39ClN4O4.C15H20ClN3O/c1-20(2)19-39-27-10-9-26(32)17-25(27)18-36-21(3)15-28(34-36)33-29(37)24-8-7-22-11-13-35(14-12-23(22)16-24)30(38)40-31(4,5)6;1-10(2)9-20-14-5-4-13(16)7-12(14)8-19-11(3)6-15(17)18-19/h7-10,15-17,20H,11-14,18-19H2,1-6H3,(H,33,34,37);4-7,10H,8-9H2,1-3H3,(H2,17,18). The van der Waals surface area contributed by atoms with E-state index in [1.807, 2.05) is 111 Å². The molecule has 0 aliphatic carbocycles. The average Bonchev–Trinajstić information content (AvgIpc) is 3.57. The van der Waals surface area contributed by atoms with Crippen LogP contribution in [-0.2, 0) is 30.7 Å². The zero-order valence-electron chi connectivity index (χ0n) is 36.3. The van der Waals surface area contributed by atoms with Crippen LogP contribution < -0.4 is 20.5 Å². The van der Waals surface area contributed by atoms with Crippen LogP contribution in [0.2, 0.25) is 10.0 Å². The fourth-order valence-electron chi connectivity index (χ4n) is 6.45. The van der Waals surface area contributed by atoms with Crippen molar-refractivity contribution in [1.82, 2.24) is 24.5 Å². The van der Waals surface area contributed by atoms with Crippen LogP contribution in [0.15, 0.2) is 66.7 Å². The van der Waals surface area contributed by atoms with E-state index < -0.39 is 5.60 Å². The molecule has 0 fully saturated rings. The number of carbonyl (C=O) groups is 2. The van der Waals surface area contributed by atoms with Crippen molar-refractivity contribution >= 4 is 46.8 Å². The second kappa shape index (κ2) is 20.4. The van der Waals surface area contributed by atoms with Crippen LogP contribution in [0.3, 0.4) is 0 Å². The number of nitrogen functional groups attached to an aromatic ring is 1. The van der Waals surface area contributed by atoms with Crippen molar-refractivity contribution in [2.45, 2.75) is 93.8 Å². The summed E-state index contributed by atoms with van der Waals surface area (Å²) in [5.41, 5.74) is 11.8. The number of aryl methyl sites for hydroxylation is 2. The molecular formula is C46H59Cl2N7O5. The molecule has 0 radical (unpaired) electrons. The van der Waals surface area contributed by atoms with Crippen molar-refractivity contribution in [3.8, 4) is 11.5 Å². The number of hydrogen-bond acceptors (Lipinski definition) is 8. The van der Waals surface area contributed by atoms with Gasteiger partial charge >= 0.3 is 6.09 Å². The summed E-state index contributed by atoms with van der Waals surface area (Å²) < 4.78 is 21.1. The summed E-state index contributed by atoms with van der Waals surface area (Å²) in [6, 6.07) is 20.6. The number of nitrogens with zero attached hydrogens (tertiary/aromatic N) is 5. The molecule has 1 aliphatic heterocycles. The Balaban J connectivity index is 0.000000285. The molecule has 0 atom stereocenters. The maximum Gasteiger partial charge on any atom is 0.410 e. The van der Waals surface area contributed by atoms with Gasteiger partial charge in [-0.3, -0.25) is 14.2 Å². The van der Waals surface area contributed by atoms with Gasteiger partial charge in [-0.2, -0.15) is 10.2 Å². The first-order chi connectivity index (χ1) is 28.3. The number of rotatable bonds is 12. The zero-order valence-corrected chi connectivity index (χ0v) is 37.8. The Morgan fingerprint density at radius 2 is 1.28 bits per heavy atom. The van der Waals surface area contributed by atoms with Gasteiger partial charge in [0.1, 0.15) is 22.9 Å². The summed E-state index contributed by atoms with van der Waals surface area (Å²) in [5, 5.41) is 13.1. The van der Waals surface area contributed by atoms with E-state index >= 15 is 0 Å². The van der Waals surface area contributed by atoms with E-state index in [1.165, 1.54) is 0 Å². The molecule has 2 amide bonds. The van der Waals surface area contributed by atoms with Gasteiger partial charge in [0, 0.05) is 63.3 Å². The summed E-state index contributed by atoms with van der Waals surface area (Å²) in [6.07, 6.45) is 1.07. The molecule has 3 aromatic carbocycles. The molecule has 2 aromatic heterocycles. The number of nitrogens with one attached hydrogen (secondary N) is 1. The maximum atomic E-state index is 13.2. The molecule has 0 saturated heterocycles. The highest BCUT2D eigenvalue weighted by Gasteiger charge is 2.25. The first-order valence-electron chi connectivity index (χ1n) is 20.4. The zero-order chi connectivity index (χ0) is 43.7. The molecular weight excluding hydrogens is 801 g/mol. The highest BCUT2D eigenvalue weighted by Crippen LogP contribution is 2.27. The molecule has 0 bridgehead atoms. The van der Waals surface area contributed by atoms with E-state index in [2.05, 4.69) is 43.2 Å². The number of aromatic nitrogens is 4. The summed E-state index contributed by atoms with van der Waals surface area (Å²) in [6.45, 7) is 21.4. The van der Waals surface area contributed by atoms with Crippen LogP contribution in [0.5, 0.6) is 11.5 Å². The number of anilines is 2. The lowest BCUT2D eigenvalue weighted by Crippen LogP contribution is -2.38. The lowest BCUT2D eigenvalue weighted by Gasteiger charge is -2.26. The lowest BCUT2D eigenvalue weighted by molar-refractivity contribution is 0.0258. The van der Waals surface area contributed by atoms with E-state index in [9.17, 15) is 9.59 Å². The molecule has 6 rings (SSSR count). The summed E-state index contributed by atoms with van der Waals surface area (Å²) >= 11 is 12.3. The molecule has 14 heteroatoms. The first kappa shape index (κ1) is 45.9. The second-order valence-corrected chi connectivity index (χ2v) is 17.9. The predicted octanol–water partition coefficient (Wildman–Crippen LogP) is 10.0. The van der Waals surface area contributed by atoms with Crippen molar-refractivity contribution in [3.05, 3.63) is 116 Å². The molecule has 1 aliphatic rings. The fourth-order valence-corrected chi connectivity index (χ4v) is 6.84. The number of carbonyl (C=O) groups excluding carboxylic acids is 2. The minimum Gasteiger partial charge on any atom is -0.493 e. The van der Waals surface area contributed by atoms with Crippen molar-refractivity contribution < 1.29 is 23.8 Å². The Morgan fingerprint density at radius 3 is 1.80 bits per heavy atom. The minimum absolute atomic E-state index is 0.232. The molecule has 322 valence electrons. The number of fused-ring (bicyclic) bond motifs is 1. The molecule has 3 heterocycles. The Kier molecular flexibility index (Phi) is 15.6. The summed E-state index contributed by atoms with van der Waals surface area (Å²) in [4.78, 5) is 27.4. The van der Waals surface area contributed by atoms with E-state index in [1.54, 1.807) is 4.90 Å². The van der Waals surface area contributed by atoms with Gasteiger partial charge in [0.05, 0.1) is 26.3 Å². The van der Waals surface area contributed by atoms with Crippen LogP contribution in [0.4, 0.5) is 16.4 Å². The molecule has 5 aromatic rings. The predicted molar refractivity (Wildman–Crippen MR) is 240 cm³/mol.